The second-order valence-corrected chi connectivity index (χ2v) is 7.23. The molecule has 1 fully saturated rings. The normalized spacial score (nSPS) is 20.1. The summed E-state index contributed by atoms with van der Waals surface area (Å²) in [6.07, 6.45) is -0.238. The van der Waals surface area contributed by atoms with Crippen LogP contribution in [-0.2, 0) is 4.74 Å². The molecule has 1 aromatic heterocycles. The Morgan fingerprint density at radius 1 is 1.35 bits per heavy atom. The molecule has 20 heavy (non-hydrogen) atoms. The van der Waals surface area contributed by atoms with Gasteiger partial charge in [0.05, 0.1) is 0 Å². The highest BCUT2D eigenvalue weighted by atomic mass is 32.1. The van der Waals surface area contributed by atoms with Gasteiger partial charge in [-0.25, -0.2) is 4.79 Å². The maximum atomic E-state index is 12.1. The molecule has 0 spiro atoms. The van der Waals surface area contributed by atoms with Crippen LogP contribution in [0.2, 0.25) is 0 Å². The number of carbonyl (C=O) groups is 1. The minimum atomic E-state index is -0.454. The lowest BCUT2D eigenvalue weighted by Crippen LogP contribution is -2.55. The second-order valence-electron chi connectivity index (χ2n) is 6.07. The molecule has 0 bridgehead atoms. The van der Waals surface area contributed by atoms with Gasteiger partial charge in [0.1, 0.15) is 10.6 Å². The first-order valence-corrected chi connectivity index (χ1v) is 7.62. The third kappa shape index (κ3) is 3.59. The zero-order valence-electron chi connectivity index (χ0n) is 12.7. The Balaban J connectivity index is 1.97. The Labute approximate surface area is 123 Å². The molecule has 0 N–H and O–H groups in total. The van der Waals surface area contributed by atoms with Gasteiger partial charge < -0.3 is 14.5 Å². The van der Waals surface area contributed by atoms with E-state index < -0.39 is 5.60 Å². The van der Waals surface area contributed by atoms with Crippen molar-refractivity contribution in [3.05, 3.63) is 5.01 Å². The van der Waals surface area contributed by atoms with Crippen LogP contribution in [-0.4, -0.2) is 52.5 Å². The highest BCUT2D eigenvalue weighted by molar-refractivity contribution is 7.15. The number of nitrogens with zero attached hydrogens (tertiary/aromatic N) is 4. The van der Waals surface area contributed by atoms with Crippen LogP contribution in [0.1, 0.15) is 32.7 Å². The summed E-state index contributed by atoms with van der Waals surface area (Å²) in [6.45, 7) is 11.8. The minimum Gasteiger partial charge on any atom is -0.444 e. The Morgan fingerprint density at radius 2 is 2.05 bits per heavy atom. The highest BCUT2D eigenvalue weighted by Gasteiger charge is 2.31. The van der Waals surface area contributed by atoms with Crippen molar-refractivity contribution in [2.24, 2.45) is 0 Å². The molecule has 0 unspecified atom stereocenters. The maximum absolute atomic E-state index is 12.1. The molecule has 1 aliphatic heterocycles. The molecular formula is C13H22N4O2S. The van der Waals surface area contributed by atoms with Crippen LogP contribution in [0, 0.1) is 6.92 Å². The lowest BCUT2D eigenvalue weighted by Gasteiger charge is -2.39. The van der Waals surface area contributed by atoms with E-state index in [4.69, 9.17) is 4.74 Å². The highest BCUT2D eigenvalue weighted by Crippen LogP contribution is 2.23. The largest absolute Gasteiger partial charge is 0.444 e. The molecule has 112 valence electrons. The summed E-state index contributed by atoms with van der Waals surface area (Å²) in [5, 5.41) is 10.1. The van der Waals surface area contributed by atoms with E-state index in [9.17, 15) is 4.79 Å². The molecule has 1 atom stereocenters. The van der Waals surface area contributed by atoms with Gasteiger partial charge in [0.25, 0.3) is 0 Å². The van der Waals surface area contributed by atoms with E-state index in [1.54, 1.807) is 16.2 Å². The molecule has 1 aliphatic rings. The summed E-state index contributed by atoms with van der Waals surface area (Å²) < 4.78 is 5.44. The van der Waals surface area contributed by atoms with E-state index in [0.29, 0.717) is 6.54 Å². The summed E-state index contributed by atoms with van der Waals surface area (Å²) in [6, 6.07) is 0.0998. The number of aryl methyl sites for hydroxylation is 1. The predicted octanol–water partition coefficient (Wildman–Crippen LogP) is 2.29. The second kappa shape index (κ2) is 5.55. The maximum Gasteiger partial charge on any atom is 0.410 e. The Hall–Kier alpha value is -1.37. The molecule has 0 aliphatic carbocycles. The van der Waals surface area contributed by atoms with E-state index in [2.05, 4.69) is 15.1 Å². The molecule has 1 saturated heterocycles. The molecule has 7 heteroatoms. The molecule has 2 heterocycles. The van der Waals surface area contributed by atoms with E-state index in [-0.39, 0.29) is 12.1 Å². The van der Waals surface area contributed by atoms with Gasteiger partial charge >= 0.3 is 6.09 Å². The van der Waals surface area contributed by atoms with E-state index in [1.165, 1.54) is 0 Å². The number of hydrogen-bond acceptors (Lipinski definition) is 6. The van der Waals surface area contributed by atoms with E-state index in [0.717, 1.165) is 23.2 Å². The molecule has 1 aromatic rings. The Bertz CT molecular complexity index is 483. The van der Waals surface area contributed by atoms with Crippen LogP contribution < -0.4 is 4.90 Å². The van der Waals surface area contributed by atoms with Crippen molar-refractivity contribution in [2.75, 3.05) is 24.5 Å². The number of ether oxygens (including phenoxy) is 1. The van der Waals surface area contributed by atoms with Crippen LogP contribution in [0.4, 0.5) is 9.93 Å². The summed E-state index contributed by atoms with van der Waals surface area (Å²) >= 11 is 1.58. The minimum absolute atomic E-state index is 0.0998. The fraction of sp³-hybridized carbons (Fsp3) is 0.769. The van der Waals surface area contributed by atoms with E-state index in [1.807, 2.05) is 34.6 Å². The zero-order valence-corrected chi connectivity index (χ0v) is 13.5. The number of anilines is 1. The van der Waals surface area contributed by atoms with Crippen LogP contribution >= 0.6 is 11.3 Å². The monoisotopic (exact) mass is 298 g/mol. The molecule has 2 rings (SSSR count). The van der Waals surface area contributed by atoms with Gasteiger partial charge in [-0.15, -0.1) is 10.2 Å². The molecule has 0 aromatic carbocycles. The van der Waals surface area contributed by atoms with Crippen LogP contribution in [0.15, 0.2) is 0 Å². The van der Waals surface area contributed by atoms with Crippen molar-refractivity contribution in [3.8, 4) is 0 Å². The van der Waals surface area contributed by atoms with Crippen molar-refractivity contribution in [1.82, 2.24) is 15.1 Å². The molecular weight excluding hydrogens is 276 g/mol. The van der Waals surface area contributed by atoms with Crippen LogP contribution in [0.3, 0.4) is 0 Å². The average molecular weight is 298 g/mol. The molecule has 0 radical (unpaired) electrons. The number of amides is 1. The van der Waals surface area contributed by atoms with Gasteiger partial charge in [-0.1, -0.05) is 11.3 Å². The van der Waals surface area contributed by atoms with Gasteiger partial charge in [-0.2, -0.15) is 0 Å². The fourth-order valence-electron chi connectivity index (χ4n) is 2.14. The topological polar surface area (TPSA) is 58.6 Å². The van der Waals surface area contributed by atoms with Crippen LogP contribution in [0.5, 0.6) is 0 Å². The first-order chi connectivity index (χ1) is 9.26. The van der Waals surface area contributed by atoms with Gasteiger partial charge in [0, 0.05) is 25.7 Å². The third-order valence-electron chi connectivity index (χ3n) is 3.04. The smallest absolute Gasteiger partial charge is 0.410 e. The summed E-state index contributed by atoms with van der Waals surface area (Å²) in [4.78, 5) is 16.1. The van der Waals surface area contributed by atoms with Gasteiger partial charge in [0.2, 0.25) is 5.13 Å². The number of aromatic nitrogens is 2. The van der Waals surface area contributed by atoms with Crippen molar-refractivity contribution < 1.29 is 9.53 Å². The first kappa shape index (κ1) is 15.0. The van der Waals surface area contributed by atoms with Crippen molar-refractivity contribution in [1.29, 1.82) is 0 Å². The number of hydrogen-bond donors (Lipinski definition) is 0. The zero-order chi connectivity index (χ0) is 14.9. The quantitative estimate of drug-likeness (QED) is 0.796. The number of rotatable bonds is 1. The van der Waals surface area contributed by atoms with Crippen molar-refractivity contribution >= 4 is 22.6 Å². The van der Waals surface area contributed by atoms with Crippen LogP contribution in [0.25, 0.3) is 0 Å². The molecule has 1 amide bonds. The Kier molecular flexibility index (Phi) is 4.17. The van der Waals surface area contributed by atoms with Crippen molar-refractivity contribution in [2.45, 2.75) is 46.3 Å². The lowest BCUT2D eigenvalue weighted by molar-refractivity contribution is 0.0159. The summed E-state index contributed by atoms with van der Waals surface area (Å²) in [7, 11) is 0. The van der Waals surface area contributed by atoms with Crippen molar-refractivity contribution in [3.63, 3.8) is 0 Å². The summed E-state index contributed by atoms with van der Waals surface area (Å²) in [5.41, 5.74) is -0.454. The van der Waals surface area contributed by atoms with E-state index >= 15 is 0 Å². The predicted molar refractivity (Wildman–Crippen MR) is 79.3 cm³/mol. The number of carbonyl (C=O) groups excluding carboxylic acids is 1. The summed E-state index contributed by atoms with van der Waals surface area (Å²) in [5.74, 6) is 0. The fourth-order valence-corrected chi connectivity index (χ4v) is 2.86. The molecule has 6 nitrogen and oxygen atoms in total. The first-order valence-electron chi connectivity index (χ1n) is 6.81. The third-order valence-corrected chi connectivity index (χ3v) is 3.94. The SMILES string of the molecule is Cc1nnc(N2CCN(C(=O)OC(C)(C)C)[C@@H](C)C2)s1. The lowest BCUT2D eigenvalue weighted by atomic mass is 10.2. The van der Waals surface area contributed by atoms with Gasteiger partial charge in [0.15, 0.2) is 0 Å². The van der Waals surface area contributed by atoms with Gasteiger partial charge in [-0.05, 0) is 34.6 Å². The standard InChI is InChI=1S/C13H22N4O2S/c1-9-8-16(11-15-14-10(2)20-11)6-7-17(9)12(18)19-13(3,4)5/h9H,6-8H2,1-5H3/t9-/m0/s1. The average Bonchev–Trinajstić information content (AvgIpc) is 2.73. The number of piperazine rings is 1. The molecule has 0 saturated carbocycles. The Morgan fingerprint density at radius 3 is 2.55 bits per heavy atom. The van der Waals surface area contributed by atoms with Gasteiger partial charge in [-0.3, -0.25) is 0 Å².